The average Bonchev–Trinajstić information content (AvgIpc) is 3.69. The number of rotatable bonds is 12. The van der Waals surface area contributed by atoms with Crippen molar-refractivity contribution in [1.82, 2.24) is 19.3 Å². The van der Waals surface area contributed by atoms with E-state index in [1.807, 2.05) is 23.6 Å². The van der Waals surface area contributed by atoms with E-state index in [4.69, 9.17) is 30.5 Å². The second kappa shape index (κ2) is 15.7. The molecule has 3 aromatic carbocycles. The Balaban J connectivity index is 1.53. The number of fused-ring (bicyclic) bond motifs is 1. The van der Waals surface area contributed by atoms with E-state index < -0.39 is 22.5 Å². The number of allylic oxidation sites excluding steroid dienone is 1. The molecule has 14 nitrogen and oxygen atoms in total. The quantitative estimate of drug-likeness (QED) is 0.0854. The summed E-state index contributed by atoms with van der Waals surface area (Å²) in [6.45, 7) is 5.94. The van der Waals surface area contributed by atoms with Crippen molar-refractivity contribution in [2.24, 2.45) is 4.99 Å². The third-order valence-corrected chi connectivity index (χ3v) is 10.6. The maximum absolute atomic E-state index is 14.5. The van der Waals surface area contributed by atoms with Crippen molar-refractivity contribution in [3.63, 3.8) is 0 Å². The van der Waals surface area contributed by atoms with Gasteiger partial charge in [-0.25, -0.2) is 9.79 Å². The Kier molecular flexibility index (Phi) is 11.0. The summed E-state index contributed by atoms with van der Waals surface area (Å²) in [7, 11) is 4.41. The molecule has 17 heteroatoms. The molecule has 1 aliphatic heterocycles. The molecule has 0 fully saturated rings. The highest BCUT2D eigenvalue weighted by Gasteiger charge is 2.35. The Labute approximate surface area is 316 Å². The van der Waals surface area contributed by atoms with Gasteiger partial charge in [-0.2, -0.15) is 0 Å². The molecular formula is C36H33ClN6O8S2. The first kappa shape index (κ1) is 37.3. The van der Waals surface area contributed by atoms with Crippen molar-refractivity contribution >= 4 is 52.4 Å². The molecule has 0 saturated carbocycles. The molecule has 0 aliphatic carbocycles. The molecule has 274 valence electrons. The molecular weight excluding hydrogens is 744 g/mol. The number of benzene rings is 3. The van der Waals surface area contributed by atoms with E-state index in [-0.39, 0.29) is 22.4 Å². The first-order valence-electron chi connectivity index (χ1n) is 16.2. The SMILES string of the molecule is CCOC(=O)C1=C(C)N=c2s/c(=C/c3cc([N+](=O)[O-])ccc3Sc3nnc(-c4cccc(Cl)c4)n3CC)c(=O)n2[C@@H]1c1cc(OC)c(OC)c(OC)c1. The second-order valence-electron chi connectivity index (χ2n) is 11.4. The van der Waals surface area contributed by atoms with Gasteiger partial charge in [0.15, 0.2) is 27.3 Å². The van der Waals surface area contributed by atoms with E-state index in [0.717, 1.165) is 16.9 Å². The lowest BCUT2D eigenvalue weighted by Crippen LogP contribution is -2.40. The van der Waals surface area contributed by atoms with Crippen LogP contribution in [0.25, 0.3) is 17.5 Å². The van der Waals surface area contributed by atoms with E-state index in [2.05, 4.69) is 15.2 Å². The predicted octanol–water partition coefficient (Wildman–Crippen LogP) is 5.82. The van der Waals surface area contributed by atoms with Gasteiger partial charge in [0.25, 0.3) is 11.2 Å². The van der Waals surface area contributed by atoms with Crippen molar-refractivity contribution in [2.45, 2.75) is 43.4 Å². The molecule has 0 spiro atoms. The number of carbonyl (C=O) groups is 1. The lowest BCUT2D eigenvalue weighted by atomic mass is 9.95. The van der Waals surface area contributed by atoms with Crippen LogP contribution in [-0.2, 0) is 16.1 Å². The average molecular weight is 777 g/mol. The molecule has 0 unspecified atom stereocenters. The van der Waals surface area contributed by atoms with Gasteiger partial charge in [0.2, 0.25) is 5.75 Å². The van der Waals surface area contributed by atoms with Crippen LogP contribution in [0, 0.1) is 10.1 Å². The van der Waals surface area contributed by atoms with Crippen LogP contribution in [0.4, 0.5) is 5.69 Å². The van der Waals surface area contributed by atoms with Gasteiger partial charge in [0.1, 0.15) is 0 Å². The van der Waals surface area contributed by atoms with Crippen LogP contribution in [0.3, 0.4) is 0 Å². The van der Waals surface area contributed by atoms with Crippen molar-refractivity contribution < 1.29 is 28.7 Å². The number of nitro benzene ring substituents is 1. The number of ether oxygens (including phenoxy) is 4. The summed E-state index contributed by atoms with van der Waals surface area (Å²) >= 11 is 8.58. The Bertz CT molecular complexity index is 2450. The lowest BCUT2D eigenvalue weighted by Gasteiger charge is -2.26. The number of halogens is 1. The van der Waals surface area contributed by atoms with E-state index in [9.17, 15) is 19.7 Å². The summed E-state index contributed by atoms with van der Waals surface area (Å²) in [6, 6.07) is 14.0. The van der Waals surface area contributed by atoms with Gasteiger partial charge in [-0.05, 0) is 80.1 Å². The Morgan fingerprint density at radius 1 is 1.06 bits per heavy atom. The fraction of sp³-hybridized carbons (Fsp3) is 0.250. The summed E-state index contributed by atoms with van der Waals surface area (Å²) in [6.07, 6.45) is 1.58. The van der Waals surface area contributed by atoms with Gasteiger partial charge in [0.05, 0.1) is 54.7 Å². The lowest BCUT2D eigenvalue weighted by molar-refractivity contribution is -0.384. The van der Waals surface area contributed by atoms with E-state index in [1.165, 1.54) is 49.8 Å². The van der Waals surface area contributed by atoms with Gasteiger partial charge >= 0.3 is 5.97 Å². The molecule has 53 heavy (non-hydrogen) atoms. The van der Waals surface area contributed by atoms with Crippen LogP contribution in [0.1, 0.15) is 37.9 Å². The minimum absolute atomic E-state index is 0.0988. The van der Waals surface area contributed by atoms with E-state index >= 15 is 0 Å². The molecule has 2 aromatic heterocycles. The summed E-state index contributed by atoms with van der Waals surface area (Å²) in [5, 5.41) is 21.8. The molecule has 1 aliphatic rings. The minimum atomic E-state index is -0.992. The van der Waals surface area contributed by atoms with Crippen molar-refractivity contribution in [2.75, 3.05) is 27.9 Å². The number of thiazole rings is 1. The minimum Gasteiger partial charge on any atom is -0.493 e. The fourth-order valence-corrected chi connectivity index (χ4v) is 8.15. The zero-order valence-electron chi connectivity index (χ0n) is 29.4. The monoisotopic (exact) mass is 776 g/mol. The highest BCUT2D eigenvalue weighted by atomic mass is 35.5. The summed E-state index contributed by atoms with van der Waals surface area (Å²) in [4.78, 5) is 44.9. The van der Waals surface area contributed by atoms with Crippen molar-refractivity contribution in [3.05, 3.63) is 112 Å². The number of aromatic nitrogens is 4. The molecule has 6 rings (SSSR count). The maximum atomic E-state index is 14.5. The topological polar surface area (TPSA) is 162 Å². The second-order valence-corrected chi connectivity index (χ2v) is 13.9. The van der Waals surface area contributed by atoms with E-state index in [0.29, 0.717) is 66.3 Å². The normalized spacial score (nSPS) is 14.1. The summed E-state index contributed by atoms with van der Waals surface area (Å²) < 4.78 is 25.7. The smallest absolute Gasteiger partial charge is 0.338 e. The highest BCUT2D eigenvalue weighted by Crippen LogP contribution is 2.42. The summed E-state index contributed by atoms with van der Waals surface area (Å²) in [5.41, 5.74) is 1.52. The first-order chi connectivity index (χ1) is 25.5. The molecule has 3 heterocycles. The van der Waals surface area contributed by atoms with Crippen LogP contribution in [-0.4, -0.2) is 58.2 Å². The number of nitro groups is 1. The fourth-order valence-electron chi connectivity index (χ4n) is 5.95. The number of esters is 1. The number of carbonyl (C=O) groups excluding carboxylic acids is 1. The Morgan fingerprint density at radius 3 is 2.42 bits per heavy atom. The van der Waals surface area contributed by atoms with Gasteiger partial charge in [-0.15, -0.1) is 10.2 Å². The molecule has 0 saturated heterocycles. The largest absolute Gasteiger partial charge is 0.493 e. The van der Waals surface area contributed by atoms with Crippen LogP contribution in [0.5, 0.6) is 17.2 Å². The van der Waals surface area contributed by atoms with Gasteiger partial charge in [0, 0.05) is 34.2 Å². The number of hydrogen-bond donors (Lipinski definition) is 0. The molecule has 1 atom stereocenters. The van der Waals surface area contributed by atoms with Crippen molar-refractivity contribution in [3.8, 4) is 28.6 Å². The zero-order valence-corrected chi connectivity index (χ0v) is 31.8. The first-order valence-corrected chi connectivity index (χ1v) is 18.2. The standard InChI is InChI=1S/C36H33ClN6O8S2/c1-7-41-32(20-10-9-11-23(37)14-20)39-40-36(41)52-27-13-12-24(43(46)47)15-21(27)18-28-33(44)42-30(22-16-25(48-4)31(50-6)26(17-22)49-5)29(34(45)51-8-2)19(3)38-35(42)53-28/h9-18,30H,7-8H2,1-6H3/b28-18+/t30-/m1/s1. The number of non-ortho nitro benzene ring substituents is 1. The zero-order chi connectivity index (χ0) is 38.0. The Morgan fingerprint density at radius 2 is 1.79 bits per heavy atom. The van der Waals surface area contributed by atoms with Crippen LogP contribution < -0.4 is 29.1 Å². The molecule has 0 amide bonds. The number of hydrogen-bond acceptors (Lipinski definition) is 13. The Hall–Kier alpha value is -5.45. The van der Waals surface area contributed by atoms with Gasteiger partial charge in [-0.1, -0.05) is 35.1 Å². The van der Waals surface area contributed by atoms with E-state index in [1.54, 1.807) is 50.3 Å². The summed E-state index contributed by atoms with van der Waals surface area (Å²) in [5.74, 6) is 0.932. The third kappa shape index (κ3) is 7.17. The number of methoxy groups -OCH3 is 3. The predicted molar refractivity (Wildman–Crippen MR) is 200 cm³/mol. The van der Waals surface area contributed by atoms with Crippen molar-refractivity contribution in [1.29, 1.82) is 0 Å². The van der Waals surface area contributed by atoms with Gasteiger partial charge in [-0.3, -0.25) is 19.5 Å². The molecule has 0 N–H and O–H groups in total. The maximum Gasteiger partial charge on any atom is 0.338 e. The number of nitrogens with zero attached hydrogens (tertiary/aromatic N) is 6. The van der Waals surface area contributed by atoms with Crippen LogP contribution in [0.2, 0.25) is 5.02 Å². The molecule has 0 bridgehead atoms. The third-order valence-electron chi connectivity index (χ3n) is 8.33. The molecule has 5 aromatic rings. The molecule has 0 radical (unpaired) electrons. The van der Waals surface area contributed by atoms with Crippen LogP contribution >= 0.6 is 34.7 Å². The van der Waals surface area contributed by atoms with Gasteiger partial charge < -0.3 is 23.5 Å². The highest BCUT2D eigenvalue weighted by molar-refractivity contribution is 7.99. The van der Waals surface area contributed by atoms with Crippen LogP contribution in [0.15, 0.2) is 85.7 Å².